The zero-order chi connectivity index (χ0) is 9.90. The number of esters is 1. The molecule has 4 nitrogen and oxygen atoms in total. The number of carbonyl (C=O) groups is 1. The van der Waals surface area contributed by atoms with Crippen LogP contribution in [0.1, 0.15) is 39.5 Å². The highest BCUT2D eigenvalue weighted by Gasteiger charge is 2.36. The first kappa shape index (κ1) is 10.0. The van der Waals surface area contributed by atoms with Gasteiger partial charge in [0, 0.05) is 6.92 Å². The maximum Gasteiger partial charge on any atom is 0.303 e. The van der Waals surface area contributed by atoms with Gasteiger partial charge in [0.05, 0.1) is 0 Å². The molecule has 1 saturated carbocycles. The summed E-state index contributed by atoms with van der Waals surface area (Å²) in [6.45, 7) is 3.16. The van der Waals surface area contributed by atoms with E-state index in [1.807, 2.05) is 0 Å². The molecule has 74 valence electrons. The van der Waals surface area contributed by atoms with Gasteiger partial charge in [-0.05, 0) is 32.6 Å². The Hall–Kier alpha value is -1.06. The molecular weight excluding hydrogens is 170 g/mol. The molecule has 1 rings (SSSR count). The maximum absolute atomic E-state index is 10.8. The van der Waals surface area contributed by atoms with Crippen molar-refractivity contribution in [1.82, 2.24) is 0 Å². The Balaban J connectivity index is 2.77. The van der Waals surface area contributed by atoms with Crippen LogP contribution in [0.3, 0.4) is 0 Å². The quantitative estimate of drug-likeness (QED) is 0.384. The summed E-state index contributed by atoms with van der Waals surface area (Å²) >= 11 is 0. The molecule has 0 radical (unpaired) electrons. The highest BCUT2D eigenvalue weighted by atomic mass is 16.6. The second-order valence-electron chi connectivity index (χ2n) is 3.58. The summed E-state index contributed by atoms with van der Waals surface area (Å²) in [5, 5.41) is 11.9. The first-order valence-electron chi connectivity index (χ1n) is 4.49. The first-order valence-corrected chi connectivity index (χ1v) is 4.49. The molecule has 0 spiro atoms. The lowest BCUT2D eigenvalue weighted by Gasteiger charge is -2.33. The molecule has 0 aromatic carbocycles. The van der Waals surface area contributed by atoms with Crippen LogP contribution in [-0.2, 0) is 9.53 Å². The maximum atomic E-state index is 10.8. The van der Waals surface area contributed by atoms with Gasteiger partial charge in [-0.25, -0.2) is 0 Å². The third kappa shape index (κ3) is 2.20. The molecule has 1 aliphatic rings. The van der Waals surface area contributed by atoms with Gasteiger partial charge in [-0.15, -0.1) is 0 Å². The van der Waals surface area contributed by atoms with Crippen LogP contribution in [0.15, 0.2) is 5.16 Å². The van der Waals surface area contributed by atoms with E-state index in [2.05, 4.69) is 5.16 Å². The summed E-state index contributed by atoms with van der Waals surface area (Å²) in [6, 6.07) is 0. The Labute approximate surface area is 77.6 Å². The number of oxime groups is 1. The van der Waals surface area contributed by atoms with E-state index in [1.54, 1.807) is 6.92 Å². The van der Waals surface area contributed by atoms with Crippen LogP contribution in [0, 0.1) is 0 Å². The third-order valence-corrected chi connectivity index (χ3v) is 2.42. The lowest BCUT2D eigenvalue weighted by molar-refractivity contribution is -0.150. The monoisotopic (exact) mass is 185 g/mol. The van der Waals surface area contributed by atoms with Crippen molar-refractivity contribution in [1.29, 1.82) is 0 Å². The molecular formula is C9H15NO3. The van der Waals surface area contributed by atoms with Gasteiger partial charge in [-0.2, -0.15) is 0 Å². The van der Waals surface area contributed by atoms with Gasteiger partial charge in [0.25, 0.3) is 0 Å². The zero-order valence-corrected chi connectivity index (χ0v) is 8.04. The smallest absolute Gasteiger partial charge is 0.303 e. The highest BCUT2D eigenvalue weighted by Crippen LogP contribution is 2.29. The van der Waals surface area contributed by atoms with Crippen molar-refractivity contribution < 1.29 is 14.7 Å². The predicted octanol–water partition coefficient (Wildman–Crippen LogP) is 1.71. The van der Waals surface area contributed by atoms with Crippen molar-refractivity contribution in [3.63, 3.8) is 0 Å². The average Bonchev–Trinajstić information content (AvgIpc) is 2.03. The fourth-order valence-corrected chi connectivity index (χ4v) is 1.75. The van der Waals surface area contributed by atoms with Crippen molar-refractivity contribution in [2.45, 2.75) is 45.1 Å². The Morgan fingerprint density at radius 2 is 2.31 bits per heavy atom. The highest BCUT2D eigenvalue weighted by molar-refractivity contribution is 5.94. The number of hydrogen-bond acceptors (Lipinski definition) is 4. The minimum absolute atomic E-state index is 0.328. The molecule has 0 aromatic rings. The van der Waals surface area contributed by atoms with Crippen molar-refractivity contribution in [2.75, 3.05) is 0 Å². The van der Waals surface area contributed by atoms with Crippen LogP contribution in [0.25, 0.3) is 0 Å². The standard InChI is InChI=1S/C9H15NO3/c1-7(11)13-9(2)6-4-3-5-8(9)10-12/h12H,3-6H2,1-2H3/b10-8+. The number of ether oxygens (including phenoxy) is 1. The van der Waals surface area contributed by atoms with Crippen LogP contribution < -0.4 is 0 Å². The van der Waals surface area contributed by atoms with Crippen LogP contribution in [-0.4, -0.2) is 22.5 Å². The average molecular weight is 185 g/mol. The topological polar surface area (TPSA) is 58.9 Å². The van der Waals surface area contributed by atoms with Crippen molar-refractivity contribution in [2.24, 2.45) is 5.16 Å². The van der Waals surface area contributed by atoms with Gasteiger partial charge in [0.1, 0.15) is 5.71 Å². The van der Waals surface area contributed by atoms with E-state index in [0.717, 1.165) is 19.3 Å². The first-order chi connectivity index (χ1) is 6.08. The van der Waals surface area contributed by atoms with E-state index in [1.165, 1.54) is 6.92 Å². The van der Waals surface area contributed by atoms with E-state index < -0.39 is 5.60 Å². The molecule has 1 unspecified atom stereocenters. The SMILES string of the molecule is CC(=O)OC1(C)CCCC/C1=N\O. The molecule has 0 heterocycles. The molecule has 0 amide bonds. The Morgan fingerprint density at radius 1 is 1.62 bits per heavy atom. The van der Waals surface area contributed by atoms with Crippen LogP contribution in [0.5, 0.6) is 0 Å². The normalized spacial score (nSPS) is 31.7. The largest absolute Gasteiger partial charge is 0.453 e. The predicted molar refractivity (Wildman–Crippen MR) is 47.9 cm³/mol. The zero-order valence-electron chi connectivity index (χ0n) is 8.04. The van der Waals surface area contributed by atoms with Gasteiger partial charge in [-0.1, -0.05) is 5.16 Å². The summed E-state index contributed by atoms with van der Waals surface area (Å²) in [4.78, 5) is 10.8. The number of hydrogen-bond donors (Lipinski definition) is 1. The lowest BCUT2D eigenvalue weighted by Crippen LogP contribution is -2.42. The summed E-state index contributed by atoms with van der Waals surface area (Å²) in [6.07, 6.45) is 3.45. The van der Waals surface area contributed by atoms with Crippen LogP contribution in [0.4, 0.5) is 0 Å². The molecule has 1 atom stereocenters. The van der Waals surface area contributed by atoms with Gasteiger partial charge < -0.3 is 9.94 Å². The van der Waals surface area contributed by atoms with E-state index in [-0.39, 0.29) is 5.97 Å². The molecule has 4 heteroatoms. The Kier molecular flexibility index (Phi) is 2.90. The van der Waals surface area contributed by atoms with Crippen molar-refractivity contribution >= 4 is 11.7 Å². The van der Waals surface area contributed by atoms with Gasteiger partial charge in [-0.3, -0.25) is 4.79 Å². The second-order valence-corrected chi connectivity index (χ2v) is 3.58. The van der Waals surface area contributed by atoms with E-state index in [4.69, 9.17) is 9.94 Å². The van der Waals surface area contributed by atoms with Crippen LogP contribution >= 0.6 is 0 Å². The van der Waals surface area contributed by atoms with E-state index in [9.17, 15) is 4.79 Å². The van der Waals surface area contributed by atoms with Gasteiger partial charge in [0.2, 0.25) is 0 Å². The molecule has 0 saturated heterocycles. The summed E-state index contributed by atoms with van der Waals surface area (Å²) in [7, 11) is 0. The molecule has 0 aliphatic heterocycles. The van der Waals surface area contributed by atoms with Gasteiger partial charge in [0.15, 0.2) is 5.60 Å². The molecule has 1 fully saturated rings. The number of nitrogens with zero attached hydrogens (tertiary/aromatic N) is 1. The molecule has 1 N–H and O–H groups in total. The summed E-state index contributed by atoms with van der Waals surface area (Å²) in [5.74, 6) is -0.328. The minimum Gasteiger partial charge on any atom is -0.453 e. The molecule has 0 bridgehead atoms. The minimum atomic E-state index is -0.682. The van der Waals surface area contributed by atoms with Gasteiger partial charge >= 0.3 is 5.97 Å². The van der Waals surface area contributed by atoms with Crippen molar-refractivity contribution in [3.8, 4) is 0 Å². The fourth-order valence-electron chi connectivity index (χ4n) is 1.75. The fraction of sp³-hybridized carbons (Fsp3) is 0.778. The van der Waals surface area contributed by atoms with E-state index in [0.29, 0.717) is 12.1 Å². The lowest BCUT2D eigenvalue weighted by atomic mass is 9.84. The van der Waals surface area contributed by atoms with Crippen molar-refractivity contribution in [3.05, 3.63) is 0 Å². The molecule has 13 heavy (non-hydrogen) atoms. The summed E-state index contributed by atoms with van der Waals surface area (Å²) in [5.41, 5.74) is -0.104. The molecule has 1 aliphatic carbocycles. The number of rotatable bonds is 1. The third-order valence-electron chi connectivity index (χ3n) is 2.42. The van der Waals surface area contributed by atoms with Crippen LogP contribution in [0.2, 0.25) is 0 Å². The van der Waals surface area contributed by atoms with E-state index >= 15 is 0 Å². The molecule has 0 aromatic heterocycles. The second kappa shape index (κ2) is 3.77. The summed E-state index contributed by atoms with van der Waals surface area (Å²) < 4.78 is 5.15. The number of carbonyl (C=O) groups excluding carboxylic acids is 1. The Bertz CT molecular complexity index is 237. The Morgan fingerprint density at radius 3 is 2.85 bits per heavy atom.